The summed E-state index contributed by atoms with van der Waals surface area (Å²) in [6.45, 7) is 1.94. The molecule has 1 unspecified atom stereocenters. The van der Waals surface area contributed by atoms with E-state index in [1.54, 1.807) is 11.3 Å². The molecule has 0 fully saturated rings. The lowest BCUT2D eigenvalue weighted by Crippen LogP contribution is -2.17. The Hall–Kier alpha value is -1.06. The molecule has 0 amide bonds. The molecule has 0 saturated heterocycles. The van der Waals surface area contributed by atoms with Gasteiger partial charge in [0.2, 0.25) is 0 Å². The van der Waals surface area contributed by atoms with E-state index in [1.165, 1.54) is 0 Å². The van der Waals surface area contributed by atoms with Crippen molar-refractivity contribution < 1.29 is 5.11 Å². The van der Waals surface area contributed by atoms with E-state index >= 15 is 0 Å². The number of hydrogen-bond acceptors (Lipinski definition) is 3. The third kappa shape index (κ3) is 1.61. The van der Waals surface area contributed by atoms with E-state index in [9.17, 15) is 5.11 Å². The molecule has 3 heteroatoms. The van der Waals surface area contributed by atoms with E-state index in [1.807, 2.05) is 30.5 Å². The first-order chi connectivity index (χ1) is 6.68. The summed E-state index contributed by atoms with van der Waals surface area (Å²) in [6.07, 6.45) is 0.720. The van der Waals surface area contributed by atoms with E-state index in [0.717, 1.165) is 22.1 Å². The first-order valence-corrected chi connectivity index (χ1v) is 5.50. The maximum absolute atomic E-state index is 9.94. The molecule has 14 heavy (non-hydrogen) atoms. The predicted octanol–water partition coefficient (Wildman–Crippen LogP) is 2.50. The highest BCUT2D eigenvalue weighted by molar-refractivity contribution is 7.17. The number of rotatable bonds is 2. The maximum atomic E-state index is 9.94. The summed E-state index contributed by atoms with van der Waals surface area (Å²) in [6, 6.07) is 6.02. The highest BCUT2D eigenvalue weighted by atomic mass is 32.1. The van der Waals surface area contributed by atoms with Gasteiger partial charge >= 0.3 is 0 Å². The minimum absolute atomic E-state index is 0.0805. The molecule has 0 aliphatic heterocycles. The highest BCUT2D eigenvalue weighted by Crippen LogP contribution is 2.32. The second kappa shape index (κ2) is 3.59. The molecule has 0 aliphatic rings. The van der Waals surface area contributed by atoms with E-state index in [-0.39, 0.29) is 6.04 Å². The molecular formula is C11H13NOS. The Kier molecular flexibility index (Phi) is 2.44. The number of nitrogens with two attached hydrogens (primary N) is 1. The van der Waals surface area contributed by atoms with Crippen LogP contribution in [0.3, 0.4) is 0 Å². The van der Waals surface area contributed by atoms with Crippen molar-refractivity contribution >= 4 is 21.4 Å². The topological polar surface area (TPSA) is 46.2 Å². The van der Waals surface area contributed by atoms with Crippen LogP contribution >= 0.6 is 11.3 Å². The molecule has 0 aliphatic carbocycles. The van der Waals surface area contributed by atoms with Crippen LogP contribution < -0.4 is 5.73 Å². The minimum Gasteiger partial charge on any atom is -0.507 e. The van der Waals surface area contributed by atoms with Crippen LogP contribution in [0.1, 0.15) is 12.5 Å². The molecule has 74 valence electrons. The zero-order valence-corrected chi connectivity index (χ0v) is 8.84. The Balaban J connectivity index is 2.51. The summed E-state index contributed by atoms with van der Waals surface area (Å²) in [5.41, 5.74) is 6.64. The molecule has 2 nitrogen and oxygen atoms in total. The van der Waals surface area contributed by atoms with Gasteiger partial charge in [-0.15, -0.1) is 11.3 Å². The second-order valence-corrected chi connectivity index (χ2v) is 4.53. The Bertz CT molecular complexity index is 447. The molecule has 0 bridgehead atoms. The van der Waals surface area contributed by atoms with Crippen LogP contribution in [0, 0.1) is 0 Å². The summed E-state index contributed by atoms with van der Waals surface area (Å²) in [7, 11) is 0. The largest absolute Gasteiger partial charge is 0.507 e. The molecule has 1 aromatic heterocycles. The van der Waals surface area contributed by atoms with Crippen LogP contribution in [-0.4, -0.2) is 11.1 Å². The summed E-state index contributed by atoms with van der Waals surface area (Å²) in [4.78, 5) is 0. The molecular weight excluding hydrogens is 194 g/mol. The molecule has 0 radical (unpaired) electrons. The number of aromatic hydroxyl groups is 1. The first kappa shape index (κ1) is 9.49. The highest BCUT2D eigenvalue weighted by Gasteiger charge is 2.08. The molecule has 1 heterocycles. The molecule has 0 saturated carbocycles. The van der Waals surface area contributed by atoms with Crippen molar-refractivity contribution in [1.29, 1.82) is 0 Å². The monoisotopic (exact) mass is 207 g/mol. The molecule has 2 rings (SSSR count). The number of phenolic OH excluding ortho intramolecular Hbond substituents is 1. The van der Waals surface area contributed by atoms with Crippen molar-refractivity contribution in [3.05, 3.63) is 29.1 Å². The third-order valence-electron chi connectivity index (χ3n) is 2.23. The van der Waals surface area contributed by atoms with Crippen molar-refractivity contribution in [3.63, 3.8) is 0 Å². The third-order valence-corrected chi connectivity index (χ3v) is 3.11. The van der Waals surface area contributed by atoms with Crippen molar-refractivity contribution in [2.24, 2.45) is 5.73 Å². The van der Waals surface area contributed by atoms with Crippen molar-refractivity contribution in [2.45, 2.75) is 19.4 Å². The van der Waals surface area contributed by atoms with Crippen molar-refractivity contribution in [3.8, 4) is 5.75 Å². The zero-order valence-electron chi connectivity index (χ0n) is 8.03. The molecule has 1 atom stereocenters. The van der Waals surface area contributed by atoms with Crippen LogP contribution in [0.15, 0.2) is 23.6 Å². The van der Waals surface area contributed by atoms with Crippen LogP contribution in [0.25, 0.3) is 10.1 Å². The first-order valence-electron chi connectivity index (χ1n) is 4.62. The van der Waals surface area contributed by atoms with E-state index < -0.39 is 0 Å². The number of hydrogen-bond donors (Lipinski definition) is 2. The summed E-state index contributed by atoms with van der Waals surface area (Å²) < 4.78 is 1.12. The lowest BCUT2D eigenvalue weighted by atomic mass is 10.0. The van der Waals surface area contributed by atoms with Gasteiger partial charge in [0.25, 0.3) is 0 Å². The van der Waals surface area contributed by atoms with Crippen molar-refractivity contribution in [1.82, 2.24) is 0 Å². The van der Waals surface area contributed by atoms with Gasteiger partial charge in [-0.05, 0) is 36.4 Å². The van der Waals surface area contributed by atoms with Crippen LogP contribution in [0.5, 0.6) is 5.75 Å². The molecule has 2 aromatic rings. The summed E-state index contributed by atoms with van der Waals surface area (Å²) in [5, 5.41) is 12.9. The van der Waals surface area contributed by atoms with Crippen LogP contribution in [0.4, 0.5) is 0 Å². The Morgan fingerprint density at radius 3 is 2.93 bits per heavy atom. The fourth-order valence-corrected chi connectivity index (χ4v) is 2.37. The van der Waals surface area contributed by atoms with Gasteiger partial charge in [0.1, 0.15) is 5.75 Å². The SMILES string of the molecule is CC(N)Cc1ccc2sccc2c1O. The van der Waals surface area contributed by atoms with Gasteiger partial charge in [0.05, 0.1) is 0 Å². The number of fused-ring (bicyclic) bond motifs is 1. The van der Waals surface area contributed by atoms with Crippen LogP contribution in [-0.2, 0) is 6.42 Å². The standard InChI is InChI=1S/C11H13NOS/c1-7(12)6-8-2-3-10-9(11(8)13)4-5-14-10/h2-5,7,13H,6,12H2,1H3. The Labute approximate surface area is 87.0 Å². The quantitative estimate of drug-likeness (QED) is 0.794. The van der Waals surface area contributed by atoms with Crippen LogP contribution in [0.2, 0.25) is 0 Å². The average molecular weight is 207 g/mol. The van der Waals surface area contributed by atoms with Crippen molar-refractivity contribution in [2.75, 3.05) is 0 Å². The van der Waals surface area contributed by atoms with E-state index in [4.69, 9.17) is 5.73 Å². The second-order valence-electron chi connectivity index (χ2n) is 3.59. The Morgan fingerprint density at radius 1 is 1.43 bits per heavy atom. The van der Waals surface area contributed by atoms with Gasteiger partial charge in [0, 0.05) is 16.1 Å². The molecule has 3 N–H and O–H groups in total. The fraction of sp³-hybridized carbons (Fsp3) is 0.273. The summed E-state index contributed by atoms with van der Waals surface area (Å²) in [5.74, 6) is 0.390. The Morgan fingerprint density at radius 2 is 2.21 bits per heavy atom. The average Bonchev–Trinajstić information content (AvgIpc) is 2.57. The van der Waals surface area contributed by atoms with Gasteiger partial charge in [-0.25, -0.2) is 0 Å². The molecule has 1 aromatic carbocycles. The smallest absolute Gasteiger partial charge is 0.127 e. The minimum atomic E-state index is 0.0805. The normalized spacial score (nSPS) is 13.3. The number of benzene rings is 1. The lowest BCUT2D eigenvalue weighted by molar-refractivity contribution is 0.472. The van der Waals surface area contributed by atoms with E-state index in [2.05, 4.69) is 0 Å². The molecule has 0 spiro atoms. The summed E-state index contributed by atoms with van der Waals surface area (Å²) >= 11 is 1.64. The number of thiophene rings is 1. The zero-order chi connectivity index (χ0) is 10.1. The van der Waals surface area contributed by atoms with Gasteiger partial charge in [0.15, 0.2) is 0 Å². The van der Waals surface area contributed by atoms with Gasteiger partial charge in [-0.3, -0.25) is 0 Å². The van der Waals surface area contributed by atoms with E-state index in [0.29, 0.717) is 5.75 Å². The van der Waals surface area contributed by atoms with Gasteiger partial charge in [-0.1, -0.05) is 6.07 Å². The fourth-order valence-electron chi connectivity index (χ4n) is 1.59. The van der Waals surface area contributed by atoms with Gasteiger partial charge in [-0.2, -0.15) is 0 Å². The van der Waals surface area contributed by atoms with Gasteiger partial charge < -0.3 is 10.8 Å². The predicted molar refractivity (Wildman–Crippen MR) is 60.8 cm³/mol. The maximum Gasteiger partial charge on any atom is 0.127 e. The lowest BCUT2D eigenvalue weighted by Gasteiger charge is -2.07. The number of phenols is 1.